The Kier molecular flexibility index (Phi) is 1.96. The van der Waals surface area contributed by atoms with Crippen LogP contribution in [-0.4, -0.2) is 4.98 Å². The van der Waals surface area contributed by atoms with Crippen LogP contribution in [0.5, 0.6) is 0 Å². The molecular weight excluding hydrogens is 218 g/mol. The lowest BCUT2D eigenvalue weighted by Crippen LogP contribution is -1.75. The van der Waals surface area contributed by atoms with Crippen molar-refractivity contribution < 1.29 is 4.42 Å². The molecule has 0 amide bonds. The van der Waals surface area contributed by atoms with Crippen LogP contribution >= 0.6 is 15.9 Å². The summed E-state index contributed by atoms with van der Waals surface area (Å²) in [5.41, 5.74) is 1.91. The summed E-state index contributed by atoms with van der Waals surface area (Å²) in [6.45, 7) is 0. The first-order chi connectivity index (χ1) is 5.86. The number of halogens is 1. The molecule has 0 fully saturated rings. The van der Waals surface area contributed by atoms with Gasteiger partial charge in [0, 0.05) is 10.0 Å². The van der Waals surface area contributed by atoms with Crippen LogP contribution in [0.15, 0.2) is 45.8 Å². The summed E-state index contributed by atoms with van der Waals surface area (Å²) in [5.74, 6) is 0. The first-order valence-corrected chi connectivity index (χ1v) is 4.30. The molecule has 0 saturated carbocycles. The lowest BCUT2D eigenvalue weighted by molar-refractivity contribution is 0.558. The Morgan fingerprint density at radius 2 is 2.25 bits per heavy atom. The third-order valence-corrected chi connectivity index (χ3v) is 2.05. The molecule has 0 aliphatic heterocycles. The molecule has 0 radical (unpaired) electrons. The van der Waals surface area contributed by atoms with E-state index in [0.717, 1.165) is 15.7 Å². The number of rotatable bonds is 1. The van der Waals surface area contributed by atoms with E-state index in [1.807, 2.05) is 24.3 Å². The summed E-state index contributed by atoms with van der Waals surface area (Å²) >= 11 is 3.39. The van der Waals surface area contributed by atoms with Crippen molar-refractivity contribution in [3.8, 4) is 11.3 Å². The van der Waals surface area contributed by atoms with Gasteiger partial charge >= 0.3 is 0 Å². The first-order valence-electron chi connectivity index (χ1n) is 3.50. The van der Waals surface area contributed by atoms with E-state index < -0.39 is 0 Å². The van der Waals surface area contributed by atoms with Gasteiger partial charge in [0.1, 0.15) is 12.0 Å². The minimum atomic E-state index is 0.858. The number of oxazole rings is 1. The summed E-state index contributed by atoms with van der Waals surface area (Å²) < 4.78 is 5.93. The molecule has 2 rings (SSSR count). The van der Waals surface area contributed by atoms with Gasteiger partial charge in [-0.2, -0.15) is 0 Å². The molecule has 0 aliphatic carbocycles. The maximum absolute atomic E-state index is 4.88. The van der Waals surface area contributed by atoms with Gasteiger partial charge in [-0.1, -0.05) is 28.1 Å². The van der Waals surface area contributed by atoms with Gasteiger partial charge in [0.15, 0.2) is 6.39 Å². The lowest BCUT2D eigenvalue weighted by Gasteiger charge is -1.94. The molecule has 0 spiro atoms. The minimum Gasteiger partial charge on any atom is -0.451 e. The zero-order valence-electron chi connectivity index (χ0n) is 6.20. The van der Waals surface area contributed by atoms with Gasteiger partial charge in [-0.3, -0.25) is 0 Å². The summed E-state index contributed by atoms with van der Waals surface area (Å²) in [7, 11) is 0. The quantitative estimate of drug-likeness (QED) is 0.743. The van der Waals surface area contributed by atoms with Crippen LogP contribution in [0.2, 0.25) is 0 Å². The molecule has 0 bridgehead atoms. The standard InChI is InChI=1S/C9H6BrNO/c10-8-3-1-2-7(4-8)9-5-12-6-11-9/h1-6H. The van der Waals surface area contributed by atoms with E-state index in [-0.39, 0.29) is 0 Å². The molecule has 1 heterocycles. The SMILES string of the molecule is Brc1cccc(-c2cocn2)c1. The fourth-order valence-corrected chi connectivity index (χ4v) is 1.40. The van der Waals surface area contributed by atoms with Crippen molar-refractivity contribution in [3.05, 3.63) is 41.4 Å². The first kappa shape index (κ1) is 7.55. The molecule has 0 aliphatic rings. The zero-order valence-corrected chi connectivity index (χ0v) is 7.78. The fraction of sp³-hybridized carbons (Fsp3) is 0. The van der Waals surface area contributed by atoms with Gasteiger partial charge in [-0.15, -0.1) is 0 Å². The molecule has 0 N–H and O–H groups in total. The number of hydrogen-bond donors (Lipinski definition) is 0. The topological polar surface area (TPSA) is 26.0 Å². The van der Waals surface area contributed by atoms with Crippen molar-refractivity contribution in [2.45, 2.75) is 0 Å². The van der Waals surface area contributed by atoms with Crippen molar-refractivity contribution >= 4 is 15.9 Å². The Labute approximate surface area is 78.4 Å². The molecule has 0 atom stereocenters. The third kappa shape index (κ3) is 1.41. The third-order valence-electron chi connectivity index (χ3n) is 1.55. The lowest BCUT2D eigenvalue weighted by atomic mass is 10.2. The second-order valence-electron chi connectivity index (χ2n) is 2.38. The van der Waals surface area contributed by atoms with E-state index in [2.05, 4.69) is 20.9 Å². The minimum absolute atomic E-state index is 0.858. The highest BCUT2D eigenvalue weighted by Gasteiger charge is 1.99. The van der Waals surface area contributed by atoms with Crippen molar-refractivity contribution in [3.63, 3.8) is 0 Å². The Morgan fingerprint density at radius 3 is 2.92 bits per heavy atom. The number of nitrogens with zero attached hydrogens (tertiary/aromatic N) is 1. The van der Waals surface area contributed by atoms with E-state index in [0.29, 0.717) is 0 Å². The predicted molar refractivity (Wildman–Crippen MR) is 49.6 cm³/mol. The summed E-state index contributed by atoms with van der Waals surface area (Å²) in [4.78, 5) is 4.04. The van der Waals surface area contributed by atoms with E-state index in [1.54, 1.807) is 6.26 Å². The molecule has 3 heteroatoms. The molecule has 12 heavy (non-hydrogen) atoms. The van der Waals surface area contributed by atoms with Crippen molar-refractivity contribution in [2.75, 3.05) is 0 Å². The predicted octanol–water partition coefficient (Wildman–Crippen LogP) is 3.10. The van der Waals surface area contributed by atoms with E-state index in [1.165, 1.54) is 6.39 Å². The van der Waals surface area contributed by atoms with Gasteiger partial charge in [-0.25, -0.2) is 4.98 Å². The molecule has 2 aromatic rings. The number of hydrogen-bond acceptors (Lipinski definition) is 2. The van der Waals surface area contributed by atoms with Crippen molar-refractivity contribution in [1.82, 2.24) is 4.98 Å². The van der Waals surface area contributed by atoms with Crippen molar-refractivity contribution in [2.24, 2.45) is 0 Å². The van der Waals surface area contributed by atoms with Crippen molar-refractivity contribution in [1.29, 1.82) is 0 Å². The average Bonchev–Trinajstić information content (AvgIpc) is 2.56. The Balaban J connectivity index is 2.48. The summed E-state index contributed by atoms with van der Waals surface area (Å²) in [6, 6.07) is 7.93. The summed E-state index contributed by atoms with van der Waals surface area (Å²) in [6.07, 6.45) is 3.05. The molecule has 60 valence electrons. The van der Waals surface area contributed by atoms with Crippen LogP contribution in [-0.2, 0) is 0 Å². The van der Waals surface area contributed by atoms with Crippen LogP contribution in [0.3, 0.4) is 0 Å². The highest BCUT2D eigenvalue weighted by atomic mass is 79.9. The zero-order chi connectivity index (χ0) is 8.39. The van der Waals surface area contributed by atoms with Crippen LogP contribution in [0.4, 0.5) is 0 Å². The molecule has 0 saturated heterocycles. The monoisotopic (exact) mass is 223 g/mol. The van der Waals surface area contributed by atoms with Gasteiger partial charge in [0.05, 0.1) is 0 Å². The van der Waals surface area contributed by atoms with Gasteiger partial charge in [0.25, 0.3) is 0 Å². The second kappa shape index (κ2) is 3.11. The highest BCUT2D eigenvalue weighted by Crippen LogP contribution is 2.20. The number of aromatic nitrogens is 1. The van der Waals surface area contributed by atoms with Crippen LogP contribution in [0.1, 0.15) is 0 Å². The maximum Gasteiger partial charge on any atom is 0.181 e. The molecule has 1 aromatic heterocycles. The Morgan fingerprint density at radius 1 is 1.33 bits per heavy atom. The molecule has 2 nitrogen and oxygen atoms in total. The second-order valence-corrected chi connectivity index (χ2v) is 3.30. The Hall–Kier alpha value is -1.09. The van der Waals surface area contributed by atoms with Crippen LogP contribution in [0, 0.1) is 0 Å². The van der Waals surface area contributed by atoms with E-state index in [9.17, 15) is 0 Å². The molecule has 1 aromatic carbocycles. The Bertz CT molecular complexity index is 370. The van der Waals surface area contributed by atoms with Gasteiger partial charge in [-0.05, 0) is 12.1 Å². The average molecular weight is 224 g/mol. The molecular formula is C9H6BrNO. The van der Waals surface area contributed by atoms with E-state index >= 15 is 0 Å². The molecule has 0 unspecified atom stereocenters. The van der Waals surface area contributed by atoms with Gasteiger partial charge < -0.3 is 4.42 Å². The highest BCUT2D eigenvalue weighted by molar-refractivity contribution is 9.10. The fourth-order valence-electron chi connectivity index (χ4n) is 1.00. The normalized spacial score (nSPS) is 10.1. The largest absolute Gasteiger partial charge is 0.451 e. The van der Waals surface area contributed by atoms with Crippen LogP contribution < -0.4 is 0 Å². The summed E-state index contributed by atoms with van der Waals surface area (Å²) in [5, 5.41) is 0. The van der Waals surface area contributed by atoms with Crippen LogP contribution in [0.25, 0.3) is 11.3 Å². The smallest absolute Gasteiger partial charge is 0.181 e. The maximum atomic E-state index is 4.88. The number of benzene rings is 1. The van der Waals surface area contributed by atoms with E-state index in [4.69, 9.17) is 4.42 Å². The van der Waals surface area contributed by atoms with Gasteiger partial charge in [0.2, 0.25) is 0 Å².